The number of anilines is 1. The van der Waals surface area contributed by atoms with Gasteiger partial charge < -0.3 is 19.6 Å². The number of methoxy groups -OCH3 is 1. The lowest BCUT2D eigenvalue weighted by molar-refractivity contribution is 0.398. The van der Waals surface area contributed by atoms with Crippen LogP contribution >= 0.6 is 0 Å². The van der Waals surface area contributed by atoms with Gasteiger partial charge in [-0.1, -0.05) is 6.92 Å². The van der Waals surface area contributed by atoms with E-state index in [1.807, 2.05) is 19.1 Å². The summed E-state index contributed by atoms with van der Waals surface area (Å²) in [6.45, 7) is 2.39. The molecule has 0 aliphatic carbocycles. The van der Waals surface area contributed by atoms with Gasteiger partial charge in [0.25, 0.3) is 0 Å². The standard InChI is InChI=1S/C18H18N2O4/c1-3-11-6-14-12(7-18(22)24-16(14)8-15(11)21)9-19-13-4-5-17(23-2)20-10-13/h4-8,10,19,21H,3,9H2,1-2H3. The molecule has 0 unspecified atom stereocenters. The summed E-state index contributed by atoms with van der Waals surface area (Å²) in [5.74, 6) is 0.673. The van der Waals surface area contributed by atoms with E-state index in [1.54, 1.807) is 19.4 Å². The Bertz CT molecular complexity index is 917. The molecule has 0 radical (unpaired) electrons. The Kier molecular flexibility index (Phi) is 4.37. The Balaban J connectivity index is 1.94. The molecule has 0 fully saturated rings. The molecule has 24 heavy (non-hydrogen) atoms. The number of rotatable bonds is 5. The van der Waals surface area contributed by atoms with Crippen molar-refractivity contribution in [1.29, 1.82) is 0 Å². The Morgan fingerprint density at radius 3 is 2.75 bits per heavy atom. The Morgan fingerprint density at radius 2 is 2.08 bits per heavy atom. The van der Waals surface area contributed by atoms with Crippen LogP contribution in [0.25, 0.3) is 11.0 Å². The normalized spacial score (nSPS) is 10.8. The molecule has 0 amide bonds. The van der Waals surface area contributed by atoms with E-state index < -0.39 is 5.63 Å². The van der Waals surface area contributed by atoms with E-state index in [2.05, 4.69) is 10.3 Å². The maximum Gasteiger partial charge on any atom is 0.336 e. The molecule has 0 saturated heterocycles. The lowest BCUT2D eigenvalue weighted by Gasteiger charge is -2.10. The molecular formula is C18H18N2O4. The summed E-state index contributed by atoms with van der Waals surface area (Å²) < 4.78 is 10.2. The van der Waals surface area contributed by atoms with Crippen LogP contribution in [0.3, 0.4) is 0 Å². The molecule has 1 aromatic carbocycles. The molecule has 2 N–H and O–H groups in total. The number of nitrogens with one attached hydrogen (secondary N) is 1. The summed E-state index contributed by atoms with van der Waals surface area (Å²) in [5.41, 5.74) is 2.35. The van der Waals surface area contributed by atoms with E-state index in [0.29, 0.717) is 24.4 Å². The van der Waals surface area contributed by atoms with Gasteiger partial charge in [0, 0.05) is 30.1 Å². The zero-order chi connectivity index (χ0) is 17.1. The van der Waals surface area contributed by atoms with Gasteiger partial charge in [0.2, 0.25) is 5.88 Å². The number of aryl methyl sites for hydroxylation is 1. The average Bonchev–Trinajstić information content (AvgIpc) is 2.59. The lowest BCUT2D eigenvalue weighted by atomic mass is 10.0. The molecule has 124 valence electrons. The van der Waals surface area contributed by atoms with E-state index in [1.165, 1.54) is 12.1 Å². The minimum Gasteiger partial charge on any atom is -0.508 e. The highest BCUT2D eigenvalue weighted by atomic mass is 16.5. The highest BCUT2D eigenvalue weighted by Gasteiger charge is 2.10. The van der Waals surface area contributed by atoms with Gasteiger partial charge in [0.05, 0.1) is 19.0 Å². The maximum atomic E-state index is 11.8. The Hall–Kier alpha value is -3.02. The molecule has 0 aliphatic heterocycles. The monoisotopic (exact) mass is 326 g/mol. The topological polar surface area (TPSA) is 84.6 Å². The molecule has 6 nitrogen and oxygen atoms in total. The van der Waals surface area contributed by atoms with Crippen LogP contribution in [0.4, 0.5) is 5.69 Å². The van der Waals surface area contributed by atoms with E-state index in [9.17, 15) is 9.90 Å². The van der Waals surface area contributed by atoms with Crippen molar-refractivity contribution >= 4 is 16.7 Å². The van der Waals surface area contributed by atoms with Crippen LogP contribution in [0, 0.1) is 0 Å². The second-order valence-corrected chi connectivity index (χ2v) is 5.36. The molecule has 2 heterocycles. The number of fused-ring (bicyclic) bond motifs is 1. The van der Waals surface area contributed by atoms with Crippen LogP contribution < -0.4 is 15.7 Å². The number of phenolic OH excluding ortho intramolecular Hbond substituents is 1. The van der Waals surface area contributed by atoms with Gasteiger partial charge in [-0.25, -0.2) is 9.78 Å². The highest BCUT2D eigenvalue weighted by molar-refractivity contribution is 5.83. The van der Waals surface area contributed by atoms with Gasteiger partial charge in [-0.05, 0) is 29.7 Å². The number of pyridine rings is 1. The van der Waals surface area contributed by atoms with E-state index in [0.717, 1.165) is 22.2 Å². The summed E-state index contributed by atoms with van der Waals surface area (Å²) in [6.07, 6.45) is 2.35. The molecule has 0 atom stereocenters. The summed E-state index contributed by atoms with van der Waals surface area (Å²) in [5, 5.41) is 14.0. The summed E-state index contributed by atoms with van der Waals surface area (Å²) in [7, 11) is 1.56. The molecule has 2 aromatic heterocycles. The average molecular weight is 326 g/mol. The number of ether oxygens (including phenoxy) is 1. The third kappa shape index (κ3) is 3.17. The molecular weight excluding hydrogens is 308 g/mol. The van der Waals surface area contributed by atoms with Crippen molar-refractivity contribution in [2.75, 3.05) is 12.4 Å². The van der Waals surface area contributed by atoms with Crippen molar-refractivity contribution < 1.29 is 14.3 Å². The maximum absolute atomic E-state index is 11.8. The number of benzene rings is 1. The molecule has 3 aromatic rings. The third-order valence-corrected chi connectivity index (χ3v) is 3.84. The van der Waals surface area contributed by atoms with Crippen molar-refractivity contribution in [3.8, 4) is 11.6 Å². The fraction of sp³-hybridized carbons (Fsp3) is 0.222. The number of hydrogen-bond acceptors (Lipinski definition) is 6. The number of aromatic hydroxyl groups is 1. The lowest BCUT2D eigenvalue weighted by Crippen LogP contribution is -2.06. The first-order valence-corrected chi connectivity index (χ1v) is 7.63. The van der Waals surface area contributed by atoms with Crippen molar-refractivity contribution in [2.45, 2.75) is 19.9 Å². The van der Waals surface area contributed by atoms with E-state index in [-0.39, 0.29) is 5.75 Å². The number of hydrogen-bond donors (Lipinski definition) is 2. The number of nitrogens with zero attached hydrogens (tertiary/aromatic N) is 1. The second-order valence-electron chi connectivity index (χ2n) is 5.36. The highest BCUT2D eigenvalue weighted by Crippen LogP contribution is 2.27. The zero-order valence-electron chi connectivity index (χ0n) is 13.5. The molecule has 3 rings (SSSR count). The van der Waals surface area contributed by atoms with Gasteiger partial charge in [0.1, 0.15) is 11.3 Å². The molecule has 0 spiro atoms. The largest absolute Gasteiger partial charge is 0.508 e. The number of phenols is 1. The van der Waals surface area contributed by atoms with Crippen LogP contribution in [0.1, 0.15) is 18.1 Å². The molecule has 0 saturated carbocycles. The smallest absolute Gasteiger partial charge is 0.336 e. The van der Waals surface area contributed by atoms with Crippen molar-refractivity contribution in [3.05, 3.63) is 58.1 Å². The summed E-state index contributed by atoms with van der Waals surface area (Å²) in [4.78, 5) is 15.9. The van der Waals surface area contributed by atoms with Gasteiger partial charge in [-0.3, -0.25) is 0 Å². The fourth-order valence-corrected chi connectivity index (χ4v) is 2.54. The molecule has 0 aliphatic rings. The second kappa shape index (κ2) is 6.62. The first kappa shape index (κ1) is 15.9. The number of aromatic nitrogens is 1. The van der Waals surface area contributed by atoms with E-state index in [4.69, 9.17) is 9.15 Å². The molecule has 0 bridgehead atoms. The van der Waals surface area contributed by atoms with Crippen LogP contribution in [0.5, 0.6) is 11.6 Å². The van der Waals surface area contributed by atoms with Crippen molar-refractivity contribution in [1.82, 2.24) is 4.98 Å². The van der Waals surface area contributed by atoms with E-state index >= 15 is 0 Å². The quantitative estimate of drug-likeness (QED) is 0.701. The predicted molar refractivity (Wildman–Crippen MR) is 91.6 cm³/mol. The third-order valence-electron chi connectivity index (χ3n) is 3.84. The Labute approximate surface area is 138 Å². The minimum absolute atomic E-state index is 0.137. The zero-order valence-corrected chi connectivity index (χ0v) is 13.5. The van der Waals surface area contributed by atoms with Crippen molar-refractivity contribution in [3.63, 3.8) is 0 Å². The molecule has 6 heteroatoms. The van der Waals surface area contributed by atoms with Crippen LogP contribution in [-0.4, -0.2) is 17.2 Å². The minimum atomic E-state index is -0.448. The van der Waals surface area contributed by atoms with Gasteiger partial charge in [-0.2, -0.15) is 0 Å². The summed E-state index contributed by atoms with van der Waals surface area (Å²) in [6, 6.07) is 8.42. The fourth-order valence-electron chi connectivity index (χ4n) is 2.54. The predicted octanol–water partition coefficient (Wildman–Crippen LogP) is 3.08. The van der Waals surface area contributed by atoms with Crippen LogP contribution in [-0.2, 0) is 13.0 Å². The SMILES string of the molecule is CCc1cc2c(CNc3ccc(OC)nc3)cc(=O)oc2cc1O. The Morgan fingerprint density at radius 1 is 1.25 bits per heavy atom. The first-order chi connectivity index (χ1) is 11.6. The van der Waals surface area contributed by atoms with Gasteiger partial charge in [0.15, 0.2) is 0 Å². The van der Waals surface area contributed by atoms with Crippen molar-refractivity contribution in [2.24, 2.45) is 0 Å². The summed E-state index contributed by atoms with van der Waals surface area (Å²) >= 11 is 0. The van der Waals surface area contributed by atoms with Crippen LogP contribution in [0.2, 0.25) is 0 Å². The first-order valence-electron chi connectivity index (χ1n) is 7.63. The van der Waals surface area contributed by atoms with Crippen LogP contribution in [0.15, 0.2) is 45.7 Å². The van der Waals surface area contributed by atoms with Gasteiger partial charge in [-0.15, -0.1) is 0 Å². The van der Waals surface area contributed by atoms with Gasteiger partial charge >= 0.3 is 5.63 Å².